The van der Waals surface area contributed by atoms with Crippen molar-refractivity contribution in [3.8, 4) is 0 Å². The highest BCUT2D eigenvalue weighted by Crippen LogP contribution is 2.11. The van der Waals surface area contributed by atoms with Gasteiger partial charge in [-0.3, -0.25) is 4.79 Å². The van der Waals surface area contributed by atoms with Crippen molar-refractivity contribution in [3.63, 3.8) is 0 Å². The van der Waals surface area contributed by atoms with Crippen LogP contribution in [0.5, 0.6) is 0 Å². The third-order valence-corrected chi connectivity index (χ3v) is 3.62. The molecule has 0 spiro atoms. The molecule has 1 aromatic carbocycles. The average Bonchev–Trinajstić information content (AvgIpc) is 2.52. The summed E-state index contributed by atoms with van der Waals surface area (Å²) in [4.78, 5) is 10.1. The zero-order valence-corrected chi connectivity index (χ0v) is 13.4. The van der Waals surface area contributed by atoms with Crippen LogP contribution in [-0.2, 0) is 20.9 Å². The van der Waals surface area contributed by atoms with Gasteiger partial charge in [-0.25, -0.2) is 0 Å². The summed E-state index contributed by atoms with van der Waals surface area (Å²) in [5.41, 5.74) is 1.19. The van der Waals surface area contributed by atoms with Gasteiger partial charge in [0.15, 0.2) is 0 Å². The number of ether oxygens (including phenoxy) is 2. The molecular weight excluding hydrogens is 280 g/mol. The maximum atomic E-state index is 10.1. The van der Waals surface area contributed by atoms with Crippen LogP contribution in [0, 0.1) is 0 Å². The highest BCUT2D eigenvalue weighted by Gasteiger charge is 2.06. The van der Waals surface area contributed by atoms with E-state index < -0.39 is 0 Å². The Kier molecular flexibility index (Phi) is 10.3. The van der Waals surface area contributed by atoms with Crippen molar-refractivity contribution in [2.45, 2.75) is 64.3 Å². The maximum Gasteiger partial charge on any atom is 0.293 e. The molecule has 0 aromatic heterocycles. The molecule has 124 valence electrons. The fourth-order valence-corrected chi connectivity index (χ4v) is 2.30. The summed E-state index contributed by atoms with van der Waals surface area (Å²) in [6.45, 7) is 3.73. The zero-order chi connectivity index (χ0) is 16.0. The van der Waals surface area contributed by atoms with Crippen LogP contribution in [0.4, 0.5) is 0 Å². The largest absolute Gasteiger partial charge is 0.465 e. The van der Waals surface area contributed by atoms with Crippen LogP contribution in [0.1, 0.15) is 51.0 Å². The zero-order valence-electron chi connectivity index (χ0n) is 13.4. The molecule has 0 saturated carbocycles. The Labute approximate surface area is 133 Å². The standard InChI is InChI=1S/C18H28O4/c1-16(22-15-19)8-7-12-18(20)11-5-6-13-21-14-17-9-3-2-4-10-17/h2-4,9-10,15-16,18,20H,5-8,11-14H2,1H3/t16-,18+/m0/s1. The molecule has 0 aliphatic rings. The summed E-state index contributed by atoms with van der Waals surface area (Å²) in [7, 11) is 0. The van der Waals surface area contributed by atoms with Crippen molar-refractivity contribution in [3.05, 3.63) is 35.9 Å². The van der Waals surface area contributed by atoms with Gasteiger partial charge in [-0.05, 0) is 51.0 Å². The molecule has 1 rings (SSSR count). The van der Waals surface area contributed by atoms with E-state index in [4.69, 9.17) is 9.47 Å². The molecule has 2 atom stereocenters. The Hall–Kier alpha value is -1.39. The molecule has 1 N–H and O–H groups in total. The normalized spacial score (nSPS) is 13.5. The summed E-state index contributed by atoms with van der Waals surface area (Å²) in [5, 5.41) is 9.88. The van der Waals surface area contributed by atoms with E-state index >= 15 is 0 Å². The summed E-state index contributed by atoms with van der Waals surface area (Å²) in [6, 6.07) is 10.1. The van der Waals surface area contributed by atoms with E-state index in [1.165, 1.54) is 5.56 Å². The van der Waals surface area contributed by atoms with Crippen LogP contribution in [0.3, 0.4) is 0 Å². The number of unbranched alkanes of at least 4 members (excludes halogenated alkanes) is 1. The van der Waals surface area contributed by atoms with Crippen LogP contribution in [0.25, 0.3) is 0 Å². The Balaban J connectivity index is 1.92. The van der Waals surface area contributed by atoms with Gasteiger partial charge in [-0.1, -0.05) is 30.3 Å². The maximum absolute atomic E-state index is 10.1. The van der Waals surface area contributed by atoms with E-state index in [-0.39, 0.29) is 12.2 Å². The number of carbonyl (C=O) groups excluding carboxylic acids is 1. The number of aliphatic hydroxyl groups excluding tert-OH is 1. The minimum Gasteiger partial charge on any atom is -0.465 e. The first-order valence-electron chi connectivity index (χ1n) is 8.11. The molecule has 0 amide bonds. The molecule has 0 bridgehead atoms. The molecule has 4 heteroatoms. The van der Waals surface area contributed by atoms with Gasteiger partial charge in [0.1, 0.15) is 0 Å². The summed E-state index contributed by atoms with van der Waals surface area (Å²) in [6.07, 6.45) is 4.85. The summed E-state index contributed by atoms with van der Waals surface area (Å²) in [5.74, 6) is 0. The van der Waals surface area contributed by atoms with Crippen molar-refractivity contribution in [1.29, 1.82) is 0 Å². The second-order valence-corrected chi connectivity index (χ2v) is 5.66. The molecule has 0 radical (unpaired) electrons. The number of benzene rings is 1. The highest BCUT2D eigenvalue weighted by atomic mass is 16.5. The number of hydrogen-bond acceptors (Lipinski definition) is 4. The van der Waals surface area contributed by atoms with Gasteiger partial charge < -0.3 is 14.6 Å². The Morgan fingerprint density at radius 3 is 2.55 bits per heavy atom. The Morgan fingerprint density at radius 1 is 1.09 bits per heavy atom. The number of carbonyl (C=O) groups is 1. The first kappa shape index (κ1) is 18.7. The molecule has 0 heterocycles. The lowest BCUT2D eigenvalue weighted by Crippen LogP contribution is -2.11. The second-order valence-electron chi connectivity index (χ2n) is 5.66. The first-order valence-corrected chi connectivity index (χ1v) is 8.11. The Morgan fingerprint density at radius 2 is 1.82 bits per heavy atom. The molecular formula is C18H28O4. The fourth-order valence-electron chi connectivity index (χ4n) is 2.30. The monoisotopic (exact) mass is 308 g/mol. The lowest BCUT2D eigenvalue weighted by Gasteiger charge is -2.12. The molecule has 0 fully saturated rings. The molecule has 0 aliphatic heterocycles. The van der Waals surface area contributed by atoms with E-state index in [2.05, 4.69) is 12.1 Å². The van der Waals surface area contributed by atoms with Gasteiger partial charge in [-0.15, -0.1) is 0 Å². The fraction of sp³-hybridized carbons (Fsp3) is 0.611. The van der Waals surface area contributed by atoms with Crippen LogP contribution >= 0.6 is 0 Å². The molecule has 4 nitrogen and oxygen atoms in total. The van der Waals surface area contributed by atoms with Crippen LogP contribution < -0.4 is 0 Å². The van der Waals surface area contributed by atoms with Crippen molar-refractivity contribution in [2.24, 2.45) is 0 Å². The number of aliphatic hydroxyl groups is 1. The molecule has 22 heavy (non-hydrogen) atoms. The smallest absolute Gasteiger partial charge is 0.293 e. The van der Waals surface area contributed by atoms with Gasteiger partial charge in [0.25, 0.3) is 6.47 Å². The van der Waals surface area contributed by atoms with E-state index in [9.17, 15) is 9.90 Å². The third kappa shape index (κ3) is 9.53. The van der Waals surface area contributed by atoms with E-state index in [1.807, 2.05) is 25.1 Å². The van der Waals surface area contributed by atoms with Gasteiger partial charge in [-0.2, -0.15) is 0 Å². The predicted octanol–water partition coefficient (Wildman–Crippen LogP) is 3.47. The van der Waals surface area contributed by atoms with Gasteiger partial charge >= 0.3 is 0 Å². The lowest BCUT2D eigenvalue weighted by atomic mass is 10.0. The molecule has 0 saturated heterocycles. The van der Waals surface area contributed by atoms with Gasteiger partial charge in [0.2, 0.25) is 0 Å². The molecule has 0 aliphatic carbocycles. The van der Waals surface area contributed by atoms with E-state index in [0.29, 0.717) is 13.1 Å². The second kappa shape index (κ2) is 12.2. The minimum absolute atomic E-state index is 0.0592. The van der Waals surface area contributed by atoms with Crippen molar-refractivity contribution < 1.29 is 19.4 Å². The van der Waals surface area contributed by atoms with Crippen LogP contribution in [-0.4, -0.2) is 30.4 Å². The summed E-state index contributed by atoms with van der Waals surface area (Å²) >= 11 is 0. The predicted molar refractivity (Wildman–Crippen MR) is 86.4 cm³/mol. The van der Waals surface area contributed by atoms with Crippen LogP contribution in [0.15, 0.2) is 30.3 Å². The first-order chi connectivity index (χ1) is 10.7. The van der Waals surface area contributed by atoms with E-state index in [1.54, 1.807) is 0 Å². The Bertz CT molecular complexity index is 380. The quantitative estimate of drug-likeness (QED) is 0.448. The van der Waals surface area contributed by atoms with Crippen molar-refractivity contribution in [2.75, 3.05) is 6.61 Å². The number of hydrogen-bond donors (Lipinski definition) is 1. The SMILES string of the molecule is C[C@@H](CCC[C@H](O)CCCCOCc1ccccc1)OC=O. The van der Waals surface area contributed by atoms with E-state index in [0.717, 1.165) is 45.1 Å². The lowest BCUT2D eigenvalue weighted by molar-refractivity contribution is -0.133. The summed E-state index contributed by atoms with van der Waals surface area (Å²) < 4.78 is 10.4. The minimum atomic E-state index is -0.266. The van der Waals surface area contributed by atoms with Crippen molar-refractivity contribution >= 4 is 6.47 Å². The highest BCUT2D eigenvalue weighted by molar-refractivity contribution is 5.37. The topological polar surface area (TPSA) is 55.8 Å². The number of rotatable bonds is 13. The third-order valence-electron chi connectivity index (χ3n) is 3.62. The van der Waals surface area contributed by atoms with Gasteiger partial charge in [0, 0.05) is 6.61 Å². The van der Waals surface area contributed by atoms with Gasteiger partial charge in [0.05, 0.1) is 18.8 Å². The van der Waals surface area contributed by atoms with Crippen LogP contribution in [0.2, 0.25) is 0 Å². The molecule has 0 unspecified atom stereocenters. The average molecular weight is 308 g/mol. The van der Waals surface area contributed by atoms with Crippen molar-refractivity contribution in [1.82, 2.24) is 0 Å². The molecule has 1 aromatic rings.